The van der Waals surface area contributed by atoms with Crippen LogP contribution in [-0.2, 0) is 19.1 Å². The quantitative estimate of drug-likeness (QED) is 0.442. The Morgan fingerprint density at radius 2 is 1.76 bits per heavy atom. The molecule has 1 heterocycles. The molecule has 0 radical (unpaired) electrons. The summed E-state index contributed by atoms with van der Waals surface area (Å²) in [4.78, 5) is 47.9. The lowest BCUT2D eigenvalue weighted by Crippen LogP contribution is -2.29. The van der Waals surface area contributed by atoms with Gasteiger partial charge in [-0.2, -0.15) is 0 Å². The summed E-state index contributed by atoms with van der Waals surface area (Å²) < 4.78 is 4.69. The number of anilines is 1. The number of rotatable bonds is 8. The van der Waals surface area contributed by atoms with Crippen LogP contribution in [-0.4, -0.2) is 42.2 Å². The van der Waals surface area contributed by atoms with Gasteiger partial charge < -0.3 is 10.1 Å². The molecule has 7 heteroatoms. The molecule has 2 rings (SSSR count). The van der Waals surface area contributed by atoms with Crippen molar-refractivity contribution in [3.05, 3.63) is 29.8 Å². The van der Waals surface area contributed by atoms with Crippen molar-refractivity contribution in [2.75, 3.05) is 19.0 Å². The summed E-state index contributed by atoms with van der Waals surface area (Å²) in [7, 11) is 1.29. The van der Waals surface area contributed by atoms with E-state index in [9.17, 15) is 19.2 Å². The number of unbranched alkanes of at least 4 members (excludes halogenated alkanes) is 2. The summed E-state index contributed by atoms with van der Waals surface area (Å²) >= 11 is 0. The van der Waals surface area contributed by atoms with Crippen molar-refractivity contribution in [1.29, 1.82) is 0 Å². The lowest BCUT2D eigenvalue weighted by molar-refractivity contribution is -0.138. The third kappa shape index (κ3) is 5.14. The molecule has 1 N–H and O–H groups in total. The number of para-hydroxylation sites is 1. The summed E-state index contributed by atoms with van der Waals surface area (Å²) in [5.74, 6) is -0.912. The lowest BCUT2D eigenvalue weighted by Gasteiger charge is -2.13. The van der Waals surface area contributed by atoms with Crippen molar-refractivity contribution in [2.24, 2.45) is 0 Å². The molecule has 0 aliphatic carbocycles. The number of likely N-dealkylation sites (tertiary alicyclic amines) is 1. The number of amides is 3. The van der Waals surface area contributed by atoms with Gasteiger partial charge in [-0.3, -0.25) is 19.3 Å². The van der Waals surface area contributed by atoms with E-state index < -0.39 is 5.97 Å². The van der Waals surface area contributed by atoms with E-state index in [0.717, 1.165) is 6.42 Å². The van der Waals surface area contributed by atoms with E-state index in [-0.39, 0.29) is 17.7 Å². The van der Waals surface area contributed by atoms with Crippen LogP contribution in [0.5, 0.6) is 0 Å². The molecule has 0 spiro atoms. The number of benzene rings is 1. The van der Waals surface area contributed by atoms with Gasteiger partial charge in [0.25, 0.3) is 0 Å². The Kier molecular flexibility index (Phi) is 6.68. The van der Waals surface area contributed by atoms with Crippen LogP contribution in [0.4, 0.5) is 5.69 Å². The van der Waals surface area contributed by atoms with Gasteiger partial charge in [0, 0.05) is 25.8 Å². The molecule has 7 nitrogen and oxygen atoms in total. The Labute approximate surface area is 146 Å². The zero-order valence-electron chi connectivity index (χ0n) is 14.2. The molecule has 1 fully saturated rings. The minimum Gasteiger partial charge on any atom is -0.465 e. The predicted molar refractivity (Wildman–Crippen MR) is 90.8 cm³/mol. The Morgan fingerprint density at radius 3 is 2.44 bits per heavy atom. The first-order chi connectivity index (χ1) is 12.0. The molecule has 134 valence electrons. The first-order valence-electron chi connectivity index (χ1n) is 8.33. The summed E-state index contributed by atoms with van der Waals surface area (Å²) in [5, 5.41) is 2.71. The standard InChI is InChI=1S/C18H22N2O5/c1-25-18(24)13-7-4-5-8-14(13)19-15(21)9-3-2-6-12-20-16(22)10-11-17(20)23/h4-5,7-8H,2-3,6,9-12H2,1H3,(H,19,21). The minimum atomic E-state index is -0.504. The van der Waals surface area contributed by atoms with Gasteiger partial charge in [0.2, 0.25) is 17.7 Å². The number of ether oxygens (including phenoxy) is 1. The molecule has 1 aliphatic rings. The van der Waals surface area contributed by atoms with Gasteiger partial charge in [-0.15, -0.1) is 0 Å². The number of methoxy groups -OCH3 is 1. The fraction of sp³-hybridized carbons (Fsp3) is 0.444. The van der Waals surface area contributed by atoms with E-state index in [1.807, 2.05) is 0 Å². The van der Waals surface area contributed by atoms with Crippen LogP contribution in [0, 0.1) is 0 Å². The van der Waals surface area contributed by atoms with Crippen LogP contribution in [0.3, 0.4) is 0 Å². The van der Waals surface area contributed by atoms with E-state index in [1.54, 1.807) is 24.3 Å². The maximum absolute atomic E-state index is 12.0. The number of hydrogen-bond donors (Lipinski definition) is 1. The van der Waals surface area contributed by atoms with Gasteiger partial charge >= 0.3 is 5.97 Å². The predicted octanol–water partition coefficient (Wildman–Crippen LogP) is 2.12. The zero-order chi connectivity index (χ0) is 18.2. The molecule has 0 atom stereocenters. The number of carbonyl (C=O) groups excluding carboxylic acids is 4. The van der Waals surface area contributed by atoms with Crippen LogP contribution in [0.25, 0.3) is 0 Å². The fourth-order valence-electron chi connectivity index (χ4n) is 2.70. The zero-order valence-corrected chi connectivity index (χ0v) is 14.2. The van der Waals surface area contributed by atoms with Gasteiger partial charge in [-0.25, -0.2) is 4.79 Å². The molecule has 3 amide bonds. The number of esters is 1. The first-order valence-corrected chi connectivity index (χ1v) is 8.33. The van der Waals surface area contributed by atoms with Crippen LogP contribution in [0.1, 0.15) is 48.9 Å². The Morgan fingerprint density at radius 1 is 1.08 bits per heavy atom. The van der Waals surface area contributed by atoms with Crippen LogP contribution in [0.15, 0.2) is 24.3 Å². The molecular weight excluding hydrogens is 324 g/mol. The average molecular weight is 346 g/mol. The second kappa shape index (κ2) is 8.96. The maximum Gasteiger partial charge on any atom is 0.339 e. The number of carbonyl (C=O) groups is 4. The molecule has 1 aromatic carbocycles. The van der Waals surface area contributed by atoms with Crippen molar-refractivity contribution in [3.8, 4) is 0 Å². The molecule has 0 unspecified atom stereocenters. The third-order valence-corrected chi connectivity index (χ3v) is 4.05. The lowest BCUT2D eigenvalue weighted by atomic mass is 10.1. The molecule has 0 aromatic heterocycles. The van der Waals surface area contributed by atoms with Crippen LogP contribution < -0.4 is 5.32 Å². The van der Waals surface area contributed by atoms with E-state index in [1.165, 1.54) is 12.0 Å². The van der Waals surface area contributed by atoms with Crippen molar-refractivity contribution in [3.63, 3.8) is 0 Å². The highest BCUT2D eigenvalue weighted by molar-refractivity contribution is 6.02. The second-order valence-electron chi connectivity index (χ2n) is 5.84. The summed E-state index contributed by atoms with van der Waals surface area (Å²) in [5.41, 5.74) is 0.733. The Hall–Kier alpha value is -2.70. The molecule has 0 saturated carbocycles. The van der Waals surface area contributed by atoms with Crippen LogP contribution >= 0.6 is 0 Å². The van der Waals surface area contributed by atoms with Gasteiger partial charge in [0.05, 0.1) is 18.4 Å². The highest BCUT2D eigenvalue weighted by Crippen LogP contribution is 2.17. The third-order valence-electron chi connectivity index (χ3n) is 4.05. The van der Waals surface area contributed by atoms with Gasteiger partial charge in [-0.05, 0) is 25.0 Å². The first kappa shape index (κ1) is 18.6. The fourth-order valence-corrected chi connectivity index (χ4v) is 2.70. The molecule has 25 heavy (non-hydrogen) atoms. The van der Waals surface area contributed by atoms with Crippen molar-refractivity contribution >= 4 is 29.4 Å². The van der Waals surface area contributed by atoms with Crippen LogP contribution in [0.2, 0.25) is 0 Å². The number of nitrogens with zero attached hydrogens (tertiary/aromatic N) is 1. The Bertz CT molecular complexity index is 655. The SMILES string of the molecule is COC(=O)c1ccccc1NC(=O)CCCCCN1C(=O)CCC1=O. The highest BCUT2D eigenvalue weighted by atomic mass is 16.5. The number of nitrogens with one attached hydrogen (secondary N) is 1. The highest BCUT2D eigenvalue weighted by Gasteiger charge is 2.27. The molecule has 1 aliphatic heterocycles. The molecule has 1 aromatic rings. The second-order valence-corrected chi connectivity index (χ2v) is 5.84. The normalized spacial score (nSPS) is 13.9. The summed E-state index contributed by atoms with van der Waals surface area (Å²) in [6.45, 7) is 0.421. The smallest absolute Gasteiger partial charge is 0.339 e. The van der Waals surface area contributed by atoms with E-state index in [2.05, 4.69) is 10.1 Å². The summed E-state index contributed by atoms with van der Waals surface area (Å²) in [6, 6.07) is 6.66. The van der Waals surface area contributed by atoms with Crippen molar-refractivity contribution < 1.29 is 23.9 Å². The number of hydrogen-bond acceptors (Lipinski definition) is 5. The van der Waals surface area contributed by atoms with Crippen molar-refractivity contribution in [2.45, 2.75) is 38.5 Å². The van der Waals surface area contributed by atoms with E-state index in [0.29, 0.717) is 49.9 Å². The topological polar surface area (TPSA) is 92.8 Å². The number of imide groups is 1. The monoisotopic (exact) mass is 346 g/mol. The summed E-state index contributed by atoms with van der Waals surface area (Å²) in [6.07, 6.45) is 2.98. The van der Waals surface area contributed by atoms with Crippen molar-refractivity contribution in [1.82, 2.24) is 4.90 Å². The largest absolute Gasteiger partial charge is 0.465 e. The van der Waals surface area contributed by atoms with Gasteiger partial charge in [0.1, 0.15) is 0 Å². The average Bonchev–Trinajstić information content (AvgIpc) is 2.93. The van der Waals surface area contributed by atoms with E-state index >= 15 is 0 Å². The molecule has 1 saturated heterocycles. The minimum absolute atomic E-state index is 0.109. The van der Waals surface area contributed by atoms with Gasteiger partial charge in [0.15, 0.2) is 0 Å². The van der Waals surface area contributed by atoms with E-state index in [4.69, 9.17) is 0 Å². The maximum atomic E-state index is 12.0. The Balaban J connectivity index is 1.72. The van der Waals surface area contributed by atoms with Gasteiger partial charge in [-0.1, -0.05) is 18.6 Å². The molecular formula is C18H22N2O5. The molecule has 0 bridgehead atoms.